The molecule has 0 aliphatic carbocycles. The van der Waals surface area contributed by atoms with Crippen LogP contribution in [0.1, 0.15) is 107 Å². The highest BCUT2D eigenvalue weighted by atomic mass is 16.8. The van der Waals surface area contributed by atoms with Crippen LogP contribution < -0.4 is 35.2 Å². The predicted molar refractivity (Wildman–Crippen MR) is 495 cm³/mol. The second-order valence-electron chi connectivity index (χ2n) is 36.6. The number of esters is 1. The molecule has 31 N–H and O–H groups in total. The summed E-state index contributed by atoms with van der Waals surface area (Å²) in [7, 11) is 0.881. The third-order valence-corrected chi connectivity index (χ3v) is 26.8. The van der Waals surface area contributed by atoms with Crippen LogP contribution in [0.25, 0.3) is 11.1 Å². The molecule has 7 aromatic rings. The third kappa shape index (κ3) is 21.4. The second-order valence-corrected chi connectivity index (χ2v) is 36.6. The number of rotatable bonds is 16. The third-order valence-electron chi connectivity index (χ3n) is 26.8. The van der Waals surface area contributed by atoms with Gasteiger partial charge in [0, 0.05) is 40.8 Å². The topological polar surface area (TPSA) is 837 Å². The zero-order valence-corrected chi connectivity index (χ0v) is 77.8. The Morgan fingerprint density at radius 1 is 0.429 bits per heavy atom. The highest BCUT2D eigenvalue weighted by Gasteiger charge is 2.57. The number of ether oxygens (including phenoxy) is 16. The van der Waals surface area contributed by atoms with E-state index < -0.39 is 374 Å². The lowest BCUT2D eigenvalue weighted by atomic mass is 9.90. The van der Waals surface area contributed by atoms with Gasteiger partial charge in [0.2, 0.25) is 53.7 Å². The number of aromatic hydroxyl groups is 4. The molecule has 6 fully saturated rings. The van der Waals surface area contributed by atoms with E-state index in [2.05, 4.69) is 20.0 Å². The van der Waals surface area contributed by atoms with Crippen molar-refractivity contribution in [2.24, 2.45) is 41.4 Å². The van der Waals surface area contributed by atoms with E-state index in [9.17, 15) is 143 Å². The fourth-order valence-electron chi connectivity index (χ4n) is 18.4. The first-order valence-corrected chi connectivity index (χ1v) is 46.2. The molecule has 12 heterocycles. The Kier molecular flexibility index (Phi) is 31.5. The van der Waals surface area contributed by atoms with Crippen LogP contribution in [0.5, 0.6) is 69.0 Å². The van der Waals surface area contributed by atoms with Gasteiger partial charge in [0.1, 0.15) is 162 Å². The number of hydrogen-bond acceptors (Lipinski definition) is 46. The quantitative estimate of drug-likeness (QED) is 0.0492. The van der Waals surface area contributed by atoms with E-state index in [4.69, 9.17) is 97.2 Å². The fourth-order valence-corrected chi connectivity index (χ4v) is 18.4. The van der Waals surface area contributed by atoms with Crippen molar-refractivity contribution in [3.05, 3.63) is 166 Å². The number of hydrogen-bond donors (Lipinski definition) is 29. The summed E-state index contributed by atoms with van der Waals surface area (Å²) in [6.45, 7) is 0.203. The maximum Gasteiger partial charge on any atom is 0.335 e. The number of aliphatic hydroxyl groups is 23. The Morgan fingerprint density at radius 2 is 0.959 bits per heavy atom. The van der Waals surface area contributed by atoms with Crippen LogP contribution in [0.2, 0.25) is 0 Å². The number of carbonyl (C=O) groups excluding carboxylic acids is 1. The van der Waals surface area contributed by atoms with Crippen LogP contribution in [0.15, 0.2) is 151 Å². The summed E-state index contributed by atoms with van der Waals surface area (Å²) < 4.78 is 99.9. The van der Waals surface area contributed by atoms with Crippen LogP contribution in [-0.4, -0.2) is 397 Å². The number of aliphatic hydroxyl groups excluding tert-OH is 23. The zero-order valence-electron chi connectivity index (χ0n) is 77.8. The molecule has 0 aromatic heterocycles. The molecule has 52 heteroatoms. The van der Waals surface area contributed by atoms with Crippen LogP contribution in [-0.2, 0) is 56.9 Å². The number of phenols is 4. The van der Waals surface area contributed by atoms with Crippen LogP contribution >= 0.6 is 0 Å². The highest BCUT2D eigenvalue weighted by molar-refractivity contribution is 5.96. The molecule has 147 heavy (non-hydrogen) atoms. The first-order valence-electron chi connectivity index (χ1n) is 46.2. The van der Waals surface area contributed by atoms with Gasteiger partial charge in [0.15, 0.2) is 90.5 Å². The molecular weight excluding hydrogens is 1960 g/mol. The van der Waals surface area contributed by atoms with Gasteiger partial charge < -0.3 is 225 Å². The second kappa shape index (κ2) is 43.6. The molecule has 17 bridgehead atoms. The molecule has 7 aromatic carbocycles. The van der Waals surface area contributed by atoms with Crippen molar-refractivity contribution in [3.63, 3.8) is 0 Å². The van der Waals surface area contributed by atoms with Crippen molar-refractivity contribution < 1.29 is 218 Å². The van der Waals surface area contributed by atoms with E-state index in [0.717, 1.165) is 67.8 Å². The number of aliphatic imine (C=N–C) groups is 6. The number of nitrogens with zero attached hydrogens (tertiary/aromatic N) is 6. The van der Waals surface area contributed by atoms with E-state index in [1.165, 1.54) is 81.4 Å². The summed E-state index contributed by atoms with van der Waals surface area (Å²) in [4.78, 5) is 42.4. The monoisotopic (exact) mass is 2070 g/mol. The molecule has 12 aliphatic rings. The Labute approximate surface area is 831 Å². The van der Waals surface area contributed by atoms with Gasteiger partial charge in [0.25, 0.3) is 0 Å². The number of methoxy groups -OCH3 is 1. The van der Waals surface area contributed by atoms with Gasteiger partial charge in [-0.2, -0.15) is 0 Å². The number of carbonyl (C=O) groups is 1. The SMILES string of the molecule is COC(=O)C1N=C(O)C2N=C(O)C(N=C(O)C3N=C(O)C4N=C(O)C(N=C(O)C(N)c5ccc(O)c(c5)Oc5cc4cc(O)c5C)C(O)c4ccc(cc4)Oc4cc3cc(c4OC3OC(COC4OC(C)C(O)C(O)C4O)C(O)C(O)C3OC3OC(CO)C(O)C(O)C3OC3COC(O)C(O)C3O)Oc3ccc(cc3)C2OC2CC(N)C(O)C(C)O2)c2ccc(O)c(c2)-c2c(OC3OC(CO)C(O)C(O)C3O)cc(O)cc21. The summed E-state index contributed by atoms with van der Waals surface area (Å²) in [5.41, 5.74) is 9.56. The minimum Gasteiger partial charge on any atom is -0.508 e. The minimum absolute atomic E-state index is 0.0142. The summed E-state index contributed by atoms with van der Waals surface area (Å²) >= 11 is 0. The molecule has 37 unspecified atom stereocenters. The maximum atomic E-state index is 14.9. The molecule has 0 spiro atoms. The fraction of sp³-hybridized carbons (Fsp3) is 0.484. The lowest BCUT2D eigenvalue weighted by Crippen LogP contribution is -2.67. The molecule has 0 amide bonds. The molecule has 0 saturated carbocycles. The summed E-state index contributed by atoms with van der Waals surface area (Å²) in [5, 5.41) is 321. The van der Waals surface area contributed by atoms with Crippen molar-refractivity contribution in [1.82, 2.24) is 0 Å². The number of benzene rings is 7. The van der Waals surface area contributed by atoms with Gasteiger partial charge in [0.05, 0.1) is 51.8 Å². The standard InChI is InChI=1S/C95H110N8O44/c1-30-47(109)18-37-20-48(30)139-49-19-35(9-16-46(49)108)59(97)84(124)102-64-68(112)33-5-11-40(12-6-33)137-51-21-38-22-52(81(51)146-95-83(76(120)71(115)56(144-95)29-134-92-78(122)73(117)67(111)32(3)136-92)147-94-82(75(119)70(114)54(27-105)143-94)140-55-28-133-91(131)77(121)72(55)116)138-41-13-7-34(8-14-41)80(145-57-25-44(96)66(110)31(2)135-57)65-89(129)101-63(90(130)132-4)43-23-39(106)24-50(141-93-79(123)74(118)69(113)53(26-104)142-93)58(43)42-17-36(10-15-45(42)107)60(85(125)103-65)98-87(127)62(38)99-86(126)61(37)100-88(64)128/h5-24,31-32,44,53-57,59-80,82-83,91-95,104-123,131H,25-29,96-97H2,1-4H3,(H,98,127)(H,99,126)(H,100,128)(H,101,129)(H,102,124)(H,103,125). The van der Waals surface area contributed by atoms with E-state index in [0.29, 0.717) is 0 Å². The summed E-state index contributed by atoms with van der Waals surface area (Å²) in [6, 6.07) is 4.88. The molecule has 6 saturated heterocycles. The van der Waals surface area contributed by atoms with Gasteiger partial charge in [-0.25, -0.2) is 34.7 Å². The van der Waals surface area contributed by atoms with Crippen LogP contribution in [0, 0.1) is 6.92 Å². The number of fused-ring (bicyclic) bond motifs is 12. The van der Waals surface area contributed by atoms with Crippen molar-refractivity contribution in [1.29, 1.82) is 0 Å². The van der Waals surface area contributed by atoms with Gasteiger partial charge in [-0.1, -0.05) is 36.4 Å². The lowest BCUT2D eigenvalue weighted by molar-refractivity contribution is -0.375. The molecule has 794 valence electrons. The average molecular weight is 2070 g/mol. The largest absolute Gasteiger partial charge is 0.508 e. The maximum absolute atomic E-state index is 14.9. The highest BCUT2D eigenvalue weighted by Crippen LogP contribution is 2.52. The number of phenolic OH excluding ortho intramolecular Hbond substituents is 4. The Hall–Kier alpha value is -12.1. The normalized spacial score (nSPS) is 36.2. The summed E-state index contributed by atoms with van der Waals surface area (Å²) in [6.07, 6.45) is -58.0. The van der Waals surface area contributed by atoms with E-state index in [1.54, 1.807) is 0 Å². The molecule has 19 rings (SSSR count). The smallest absolute Gasteiger partial charge is 0.335 e. The van der Waals surface area contributed by atoms with Crippen molar-refractivity contribution in [2.75, 3.05) is 33.5 Å². The van der Waals surface area contributed by atoms with Gasteiger partial charge in [-0.05, 0) is 133 Å². The molecule has 12 aliphatic heterocycles. The Balaban J connectivity index is 0.942. The van der Waals surface area contributed by atoms with Gasteiger partial charge >= 0.3 is 5.97 Å². The Bertz CT molecular complexity index is 6110. The van der Waals surface area contributed by atoms with Gasteiger partial charge in [-0.3, -0.25) is 0 Å². The van der Waals surface area contributed by atoms with Crippen LogP contribution in [0.4, 0.5) is 0 Å². The Morgan fingerprint density at radius 3 is 1.61 bits per heavy atom. The summed E-state index contributed by atoms with van der Waals surface area (Å²) in [5.74, 6) is -16.6. The van der Waals surface area contributed by atoms with Crippen molar-refractivity contribution >= 4 is 41.4 Å². The van der Waals surface area contributed by atoms with Gasteiger partial charge in [-0.15, -0.1) is 0 Å². The lowest BCUT2D eigenvalue weighted by Gasteiger charge is -2.48. The predicted octanol–water partition coefficient (Wildman–Crippen LogP) is -1.46. The van der Waals surface area contributed by atoms with E-state index in [1.807, 2.05) is 0 Å². The zero-order chi connectivity index (χ0) is 105. The molecule has 0 radical (unpaired) electrons. The number of nitrogens with two attached hydrogens (primary N) is 2. The van der Waals surface area contributed by atoms with Crippen molar-refractivity contribution in [2.45, 2.75) is 254 Å². The molecule has 37 atom stereocenters. The first-order chi connectivity index (χ1) is 70.0. The molecular formula is C95H110N8O44. The van der Waals surface area contributed by atoms with E-state index >= 15 is 0 Å². The van der Waals surface area contributed by atoms with Crippen LogP contribution in [0.3, 0.4) is 0 Å². The minimum atomic E-state index is -2.59. The molecule has 52 nitrogen and oxygen atoms in total. The van der Waals surface area contributed by atoms with Crippen molar-refractivity contribution in [3.8, 4) is 80.1 Å². The average Bonchev–Trinajstić information content (AvgIpc) is 0.742. The first kappa shape index (κ1) is 106. The van der Waals surface area contributed by atoms with E-state index in [-0.39, 0.29) is 51.7 Å².